The van der Waals surface area contributed by atoms with Crippen LogP contribution in [0.4, 0.5) is 0 Å². The average molecular weight is 275 g/mol. The summed E-state index contributed by atoms with van der Waals surface area (Å²) in [6.07, 6.45) is 0. The summed E-state index contributed by atoms with van der Waals surface area (Å²) in [6, 6.07) is 7.26. The number of rotatable bonds is 3. The number of nitrogens with zero attached hydrogens (tertiary/aromatic N) is 2. The Balaban J connectivity index is 2.44. The lowest BCUT2D eigenvalue weighted by Crippen LogP contribution is -2.48. The molecule has 0 saturated heterocycles. The number of carbonyl (C=O) groups excluding carboxylic acids is 1. The maximum absolute atomic E-state index is 12.6. The Morgan fingerprint density at radius 1 is 1.30 bits per heavy atom. The Morgan fingerprint density at radius 3 is 2.55 bits per heavy atom. The molecule has 0 spiro atoms. The predicted octanol–water partition coefficient (Wildman–Crippen LogP) is 1.89. The van der Waals surface area contributed by atoms with Crippen molar-refractivity contribution in [2.45, 2.75) is 26.3 Å². The van der Waals surface area contributed by atoms with Crippen molar-refractivity contribution in [2.24, 2.45) is 0 Å². The molecule has 0 atom stereocenters. The first-order valence-electron chi connectivity index (χ1n) is 6.27. The largest absolute Gasteiger partial charge is 0.480 e. The summed E-state index contributed by atoms with van der Waals surface area (Å²) >= 11 is 0. The highest BCUT2D eigenvalue weighted by Gasteiger charge is 2.31. The predicted molar refractivity (Wildman–Crippen MR) is 74.5 cm³/mol. The van der Waals surface area contributed by atoms with Gasteiger partial charge < -0.3 is 10.0 Å². The Kier molecular flexibility index (Phi) is 3.48. The van der Waals surface area contributed by atoms with Crippen LogP contribution >= 0.6 is 0 Å². The van der Waals surface area contributed by atoms with Crippen LogP contribution in [-0.2, 0) is 4.79 Å². The summed E-state index contributed by atoms with van der Waals surface area (Å²) in [4.78, 5) is 24.9. The third-order valence-corrected chi connectivity index (χ3v) is 3.02. The van der Waals surface area contributed by atoms with Crippen molar-refractivity contribution >= 4 is 22.8 Å². The third-order valence-electron chi connectivity index (χ3n) is 3.02. The molecule has 0 aliphatic rings. The number of amides is 1. The molecule has 2 rings (SSSR count). The lowest BCUT2D eigenvalue weighted by Gasteiger charge is -2.33. The van der Waals surface area contributed by atoms with Gasteiger partial charge in [0.25, 0.3) is 5.91 Å². The fourth-order valence-corrected chi connectivity index (χ4v) is 2.00. The van der Waals surface area contributed by atoms with Crippen LogP contribution in [-0.4, -0.2) is 44.2 Å². The van der Waals surface area contributed by atoms with Crippen molar-refractivity contribution in [3.63, 3.8) is 0 Å². The standard InChI is InChI=1S/C14H17N3O3/c1-14(2,3)17(8-11(18)19)13(20)12-9-6-4-5-7-10(9)15-16-12/h4-7H,8H2,1-3H3,(H,15,16)(H,18,19). The molecule has 1 heterocycles. The number of carboxylic acid groups (broad SMARTS) is 1. The van der Waals surface area contributed by atoms with E-state index >= 15 is 0 Å². The maximum atomic E-state index is 12.6. The number of carboxylic acids is 1. The Labute approximate surface area is 116 Å². The molecule has 0 aliphatic heterocycles. The molecule has 2 aromatic rings. The maximum Gasteiger partial charge on any atom is 0.323 e. The summed E-state index contributed by atoms with van der Waals surface area (Å²) in [6.45, 7) is 5.03. The first kappa shape index (κ1) is 14.0. The van der Waals surface area contributed by atoms with Crippen LogP contribution in [0, 0.1) is 0 Å². The first-order valence-corrected chi connectivity index (χ1v) is 6.27. The fraction of sp³-hybridized carbons (Fsp3) is 0.357. The number of benzene rings is 1. The molecule has 1 aromatic carbocycles. The Hall–Kier alpha value is -2.37. The Bertz CT molecular complexity index is 655. The normalized spacial score (nSPS) is 11.6. The topological polar surface area (TPSA) is 86.3 Å². The van der Waals surface area contributed by atoms with E-state index in [9.17, 15) is 9.59 Å². The van der Waals surface area contributed by atoms with Gasteiger partial charge in [0, 0.05) is 10.9 Å². The summed E-state index contributed by atoms with van der Waals surface area (Å²) in [5.41, 5.74) is 0.395. The van der Waals surface area contributed by atoms with Gasteiger partial charge in [0.2, 0.25) is 0 Å². The van der Waals surface area contributed by atoms with E-state index in [0.717, 1.165) is 5.52 Å². The number of aromatic nitrogens is 2. The highest BCUT2D eigenvalue weighted by atomic mass is 16.4. The minimum Gasteiger partial charge on any atom is -0.480 e. The fourth-order valence-electron chi connectivity index (χ4n) is 2.00. The van der Waals surface area contributed by atoms with Gasteiger partial charge in [-0.25, -0.2) is 0 Å². The molecule has 6 heteroatoms. The SMILES string of the molecule is CC(C)(C)N(CC(=O)O)C(=O)c1n[nH]c2ccccc12. The molecule has 1 aromatic heterocycles. The number of fused-ring (bicyclic) bond motifs is 1. The summed E-state index contributed by atoms with van der Waals surface area (Å²) in [5, 5.41) is 16.5. The van der Waals surface area contributed by atoms with Gasteiger partial charge in [0.05, 0.1) is 5.52 Å². The molecular formula is C14H17N3O3. The van der Waals surface area contributed by atoms with E-state index in [2.05, 4.69) is 10.2 Å². The van der Waals surface area contributed by atoms with Gasteiger partial charge in [0.1, 0.15) is 6.54 Å². The Morgan fingerprint density at radius 2 is 1.95 bits per heavy atom. The van der Waals surface area contributed by atoms with Crippen LogP contribution in [0.1, 0.15) is 31.3 Å². The molecule has 0 aliphatic carbocycles. The van der Waals surface area contributed by atoms with E-state index in [1.807, 2.05) is 18.2 Å². The average Bonchev–Trinajstić information content (AvgIpc) is 2.77. The summed E-state index contributed by atoms with van der Waals surface area (Å²) in [7, 11) is 0. The monoisotopic (exact) mass is 275 g/mol. The van der Waals surface area contributed by atoms with E-state index in [0.29, 0.717) is 5.39 Å². The number of carbonyl (C=O) groups is 2. The number of H-pyrrole nitrogens is 1. The van der Waals surface area contributed by atoms with Crippen molar-refractivity contribution in [1.29, 1.82) is 0 Å². The second kappa shape index (κ2) is 4.96. The minimum absolute atomic E-state index is 0.247. The van der Waals surface area contributed by atoms with Gasteiger partial charge in [-0.1, -0.05) is 18.2 Å². The molecule has 20 heavy (non-hydrogen) atoms. The van der Waals surface area contributed by atoms with Crippen molar-refractivity contribution in [1.82, 2.24) is 15.1 Å². The van der Waals surface area contributed by atoms with Crippen molar-refractivity contribution in [3.05, 3.63) is 30.0 Å². The van der Waals surface area contributed by atoms with Crippen LogP contribution in [0.15, 0.2) is 24.3 Å². The number of para-hydroxylation sites is 1. The summed E-state index contributed by atoms with van der Waals surface area (Å²) in [5.74, 6) is -1.44. The highest BCUT2D eigenvalue weighted by Crippen LogP contribution is 2.21. The van der Waals surface area contributed by atoms with E-state index in [1.165, 1.54) is 4.90 Å². The second-order valence-electron chi connectivity index (χ2n) is 5.57. The molecular weight excluding hydrogens is 258 g/mol. The first-order chi connectivity index (χ1) is 9.30. The molecule has 0 unspecified atom stereocenters. The van der Waals surface area contributed by atoms with Crippen LogP contribution in [0.25, 0.3) is 10.9 Å². The van der Waals surface area contributed by atoms with Crippen LogP contribution in [0.2, 0.25) is 0 Å². The third kappa shape index (κ3) is 2.64. The zero-order valence-corrected chi connectivity index (χ0v) is 11.7. The van der Waals surface area contributed by atoms with E-state index in [1.54, 1.807) is 26.8 Å². The van der Waals surface area contributed by atoms with Crippen molar-refractivity contribution < 1.29 is 14.7 Å². The molecule has 0 fully saturated rings. The second-order valence-corrected chi connectivity index (χ2v) is 5.57. The molecule has 1 amide bonds. The van der Waals surface area contributed by atoms with Crippen molar-refractivity contribution in [3.8, 4) is 0 Å². The quantitative estimate of drug-likeness (QED) is 0.895. The van der Waals surface area contributed by atoms with E-state index in [-0.39, 0.29) is 12.2 Å². The minimum atomic E-state index is -1.05. The van der Waals surface area contributed by atoms with Gasteiger partial charge in [-0.05, 0) is 26.8 Å². The van der Waals surface area contributed by atoms with Gasteiger partial charge in [-0.3, -0.25) is 14.7 Å². The number of aromatic amines is 1. The van der Waals surface area contributed by atoms with Crippen LogP contribution in [0.3, 0.4) is 0 Å². The molecule has 6 nitrogen and oxygen atoms in total. The van der Waals surface area contributed by atoms with E-state index in [4.69, 9.17) is 5.11 Å². The number of nitrogens with one attached hydrogen (secondary N) is 1. The number of aliphatic carboxylic acids is 1. The van der Waals surface area contributed by atoms with Crippen LogP contribution in [0.5, 0.6) is 0 Å². The smallest absolute Gasteiger partial charge is 0.323 e. The molecule has 0 saturated carbocycles. The zero-order valence-electron chi connectivity index (χ0n) is 11.7. The lowest BCUT2D eigenvalue weighted by molar-refractivity contribution is -0.138. The molecule has 0 bridgehead atoms. The van der Waals surface area contributed by atoms with Crippen molar-refractivity contribution in [2.75, 3.05) is 6.54 Å². The van der Waals surface area contributed by atoms with Gasteiger partial charge >= 0.3 is 5.97 Å². The number of hydrogen-bond acceptors (Lipinski definition) is 3. The van der Waals surface area contributed by atoms with Gasteiger partial charge in [-0.15, -0.1) is 0 Å². The van der Waals surface area contributed by atoms with Crippen LogP contribution < -0.4 is 0 Å². The van der Waals surface area contributed by atoms with Gasteiger partial charge in [-0.2, -0.15) is 5.10 Å². The zero-order chi connectivity index (χ0) is 14.9. The molecule has 2 N–H and O–H groups in total. The lowest BCUT2D eigenvalue weighted by atomic mass is 10.0. The summed E-state index contributed by atoms with van der Waals surface area (Å²) < 4.78 is 0. The van der Waals surface area contributed by atoms with Gasteiger partial charge in [0.15, 0.2) is 5.69 Å². The molecule has 106 valence electrons. The van der Waals surface area contributed by atoms with E-state index < -0.39 is 17.4 Å². The highest BCUT2D eigenvalue weighted by molar-refractivity contribution is 6.05. The molecule has 0 radical (unpaired) electrons. The number of hydrogen-bond donors (Lipinski definition) is 2.